The molecule has 0 aliphatic rings. The zero-order valence-corrected chi connectivity index (χ0v) is 7.51. The molecule has 1 N–H and O–H groups in total. The Balaban J connectivity index is 2.89. The van der Waals surface area contributed by atoms with Crippen molar-refractivity contribution >= 4 is 11.8 Å². The van der Waals surface area contributed by atoms with E-state index >= 15 is 0 Å². The fourth-order valence-electron chi connectivity index (χ4n) is 0.615. The summed E-state index contributed by atoms with van der Waals surface area (Å²) in [6.07, 6.45) is 3.22. The Kier molecular flexibility index (Phi) is 7.52. The Morgan fingerprint density at radius 3 is 2.70 bits per heavy atom. The molecule has 0 fully saturated rings. The van der Waals surface area contributed by atoms with Crippen LogP contribution in [-0.2, 0) is 0 Å². The van der Waals surface area contributed by atoms with Crippen LogP contribution in [0, 0.1) is 0 Å². The summed E-state index contributed by atoms with van der Waals surface area (Å²) in [5.41, 5.74) is 0. The summed E-state index contributed by atoms with van der Waals surface area (Å²) in [6.45, 7) is 3.36. The molecule has 0 aliphatic heterocycles. The molecule has 62 valence electrons. The van der Waals surface area contributed by atoms with Gasteiger partial charge in [0.05, 0.1) is 0 Å². The highest BCUT2D eigenvalue weighted by atomic mass is 32.2. The Morgan fingerprint density at radius 1 is 1.50 bits per heavy atom. The number of thioether (sulfide) groups is 1. The van der Waals surface area contributed by atoms with Crippen molar-refractivity contribution in [3.63, 3.8) is 0 Å². The van der Waals surface area contributed by atoms with Gasteiger partial charge in [-0.3, -0.25) is 0 Å². The van der Waals surface area contributed by atoms with Crippen LogP contribution in [0.15, 0.2) is 0 Å². The van der Waals surface area contributed by atoms with Gasteiger partial charge in [0.15, 0.2) is 0 Å². The topological polar surface area (TPSA) is 12.0 Å². The van der Waals surface area contributed by atoms with Gasteiger partial charge in [0.2, 0.25) is 0 Å². The van der Waals surface area contributed by atoms with E-state index in [0.29, 0.717) is 11.8 Å². The van der Waals surface area contributed by atoms with E-state index in [-0.39, 0.29) is 6.67 Å². The minimum Gasteiger partial charge on any atom is -0.314 e. The van der Waals surface area contributed by atoms with Gasteiger partial charge in [-0.1, -0.05) is 6.92 Å². The van der Waals surface area contributed by atoms with E-state index in [1.165, 1.54) is 0 Å². The van der Waals surface area contributed by atoms with E-state index in [1.54, 1.807) is 0 Å². The minimum absolute atomic E-state index is 0.256. The maximum Gasteiger partial charge on any atom is 0.102 e. The average molecular weight is 165 g/mol. The highest BCUT2D eigenvalue weighted by molar-refractivity contribution is 7.99. The van der Waals surface area contributed by atoms with Gasteiger partial charge in [0.25, 0.3) is 0 Å². The van der Waals surface area contributed by atoms with Crippen LogP contribution in [0.25, 0.3) is 0 Å². The van der Waals surface area contributed by atoms with Gasteiger partial charge in [-0.2, -0.15) is 11.8 Å². The molecular formula is C7H16FNS. The first-order valence-corrected chi connectivity index (χ1v) is 4.89. The molecule has 0 saturated carbocycles. The zero-order valence-electron chi connectivity index (χ0n) is 6.69. The standard InChI is InChI=1S/C7H16FNS/c1-7(10-2)3-5-9-6-4-8/h7,9H,3-6H2,1-2H3. The quantitative estimate of drug-likeness (QED) is 0.601. The second-order valence-corrected chi connectivity index (χ2v) is 3.55. The van der Waals surface area contributed by atoms with Gasteiger partial charge >= 0.3 is 0 Å². The van der Waals surface area contributed by atoms with E-state index in [4.69, 9.17) is 0 Å². The smallest absolute Gasteiger partial charge is 0.102 e. The Bertz CT molecular complexity index is 70.6. The third-order valence-corrected chi connectivity index (χ3v) is 2.44. The van der Waals surface area contributed by atoms with Gasteiger partial charge in [-0.15, -0.1) is 0 Å². The van der Waals surface area contributed by atoms with E-state index in [0.717, 1.165) is 13.0 Å². The van der Waals surface area contributed by atoms with Crippen LogP contribution in [0.5, 0.6) is 0 Å². The lowest BCUT2D eigenvalue weighted by Gasteiger charge is -2.07. The minimum atomic E-state index is -0.256. The molecule has 10 heavy (non-hydrogen) atoms. The SMILES string of the molecule is CSC(C)CCNCCF. The van der Waals surface area contributed by atoms with Crippen LogP contribution in [0.3, 0.4) is 0 Å². The molecule has 0 aromatic rings. The number of hydrogen-bond donors (Lipinski definition) is 1. The van der Waals surface area contributed by atoms with Crippen molar-refractivity contribution < 1.29 is 4.39 Å². The molecule has 0 saturated heterocycles. The van der Waals surface area contributed by atoms with E-state index in [1.807, 2.05) is 11.8 Å². The van der Waals surface area contributed by atoms with Crippen molar-refractivity contribution in [3.05, 3.63) is 0 Å². The largest absolute Gasteiger partial charge is 0.314 e. The molecule has 0 amide bonds. The summed E-state index contributed by atoms with van der Waals surface area (Å²) in [5, 5.41) is 3.70. The molecule has 0 bridgehead atoms. The molecule has 0 heterocycles. The lowest BCUT2D eigenvalue weighted by Crippen LogP contribution is -2.20. The van der Waals surface area contributed by atoms with Crippen molar-refractivity contribution in [2.45, 2.75) is 18.6 Å². The van der Waals surface area contributed by atoms with Crippen LogP contribution in [-0.4, -0.2) is 31.3 Å². The second-order valence-electron chi connectivity index (χ2n) is 2.27. The number of hydrogen-bond acceptors (Lipinski definition) is 2. The Labute approximate surface area is 66.8 Å². The molecule has 0 radical (unpaired) electrons. The summed E-state index contributed by atoms with van der Waals surface area (Å²) < 4.78 is 11.5. The van der Waals surface area contributed by atoms with Gasteiger partial charge in [0, 0.05) is 11.8 Å². The number of nitrogens with one attached hydrogen (secondary N) is 1. The predicted octanol–water partition coefficient (Wildman–Crippen LogP) is 1.69. The molecular weight excluding hydrogens is 149 g/mol. The fraction of sp³-hybridized carbons (Fsp3) is 1.00. The molecule has 1 unspecified atom stereocenters. The fourth-order valence-corrected chi connectivity index (χ4v) is 0.969. The summed E-state index contributed by atoms with van der Waals surface area (Å²) in [5.74, 6) is 0. The van der Waals surface area contributed by atoms with E-state index in [2.05, 4.69) is 18.5 Å². The van der Waals surface area contributed by atoms with Gasteiger partial charge < -0.3 is 5.32 Å². The molecule has 1 atom stereocenters. The van der Waals surface area contributed by atoms with Crippen molar-refractivity contribution in [1.29, 1.82) is 0 Å². The third-order valence-electron chi connectivity index (χ3n) is 1.40. The maximum atomic E-state index is 11.5. The van der Waals surface area contributed by atoms with Crippen molar-refractivity contribution in [1.82, 2.24) is 5.32 Å². The van der Waals surface area contributed by atoms with Gasteiger partial charge in [-0.05, 0) is 19.2 Å². The molecule has 0 aromatic carbocycles. The van der Waals surface area contributed by atoms with Crippen LogP contribution in [0.1, 0.15) is 13.3 Å². The molecule has 1 nitrogen and oxygen atoms in total. The monoisotopic (exact) mass is 165 g/mol. The third kappa shape index (κ3) is 6.36. The molecule has 0 rings (SSSR count). The van der Waals surface area contributed by atoms with Crippen LogP contribution < -0.4 is 5.32 Å². The zero-order chi connectivity index (χ0) is 7.82. The molecule has 0 aliphatic carbocycles. The Hall–Kier alpha value is 0.240. The summed E-state index contributed by atoms with van der Waals surface area (Å²) >= 11 is 1.85. The first kappa shape index (κ1) is 10.2. The average Bonchev–Trinajstić information content (AvgIpc) is 1.98. The van der Waals surface area contributed by atoms with Crippen molar-refractivity contribution in [2.24, 2.45) is 0 Å². The van der Waals surface area contributed by atoms with Crippen LogP contribution in [0.2, 0.25) is 0 Å². The summed E-state index contributed by atoms with van der Waals surface area (Å²) in [7, 11) is 0. The Morgan fingerprint density at radius 2 is 2.20 bits per heavy atom. The van der Waals surface area contributed by atoms with Gasteiger partial charge in [-0.25, -0.2) is 4.39 Å². The number of halogens is 1. The van der Waals surface area contributed by atoms with Crippen LogP contribution >= 0.6 is 11.8 Å². The summed E-state index contributed by atoms with van der Waals surface area (Å²) in [6, 6.07) is 0. The lowest BCUT2D eigenvalue weighted by atomic mass is 10.3. The normalized spacial score (nSPS) is 13.5. The summed E-state index contributed by atoms with van der Waals surface area (Å²) in [4.78, 5) is 0. The predicted molar refractivity (Wildman–Crippen MR) is 46.4 cm³/mol. The van der Waals surface area contributed by atoms with Gasteiger partial charge in [0.1, 0.15) is 6.67 Å². The molecule has 0 aromatic heterocycles. The second kappa shape index (κ2) is 7.35. The first-order valence-electron chi connectivity index (χ1n) is 3.60. The van der Waals surface area contributed by atoms with E-state index in [9.17, 15) is 4.39 Å². The maximum absolute atomic E-state index is 11.5. The van der Waals surface area contributed by atoms with Crippen LogP contribution in [0.4, 0.5) is 4.39 Å². The number of rotatable bonds is 6. The molecule has 0 spiro atoms. The van der Waals surface area contributed by atoms with E-state index < -0.39 is 0 Å². The lowest BCUT2D eigenvalue weighted by molar-refractivity contribution is 0.465. The first-order chi connectivity index (χ1) is 4.81. The van der Waals surface area contributed by atoms with Crippen molar-refractivity contribution in [2.75, 3.05) is 26.0 Å². The highest BCUT2D eigenvalue weighted by Gasteiger charge is 1.96. The van der Waals surface area contributed by atoms with Crippen molar-refractivity contribution in [3.8, 4) is 0 Å². The highest BCUT2D eigenvalue weighted by Crippen LogP contribution is 2.07. The number of alkyl halides is 1. The molecule has 3 heteroatoms.